The molecule has 0 radical (unpaired) electrons. The van der Waals surface area contributed by atoms with E-state index in [0.29, 0.717) is 10.3 Å². The zero-order valence-corrected chi connectivity index (χ0v) is 8.58. The maximum Gasteiger partial charge on any atom is 0.137 e. The second kappa shape index (κ2) is 4.06. The molecule has 0 unspecified atom stereocenters. The summed E-state index contributed by atoms with van der Waals surface area (Å²) in [7, 11) is 0. The molecule has 0 atom stereocenters. The summed E-state index contributed by atoms with van der Waals surface area (Å²) in [5, 5.41) is 0.914. The summed E-state index contributed by atoms with van der Waals surface area (Å²) >= 11 is 11.6. The molecule has 4 heteroatoms. The Kier molecular flexibility index (Phi) is 3.29. The largest absolute Gasteiger partial charge is 0.221 e. The van der Waals surface area contributed by atoms with Crippen molar-refractivity contribution in [3.8, 4) is 0 Å². The molecule has 1 rings (SSSR count). The van der Waals surface area contributed by atoms with Crippen molar-refractivity contribution in [2.45, 2.75) is 26.7 Å². The summed E-state index contributed by atoms with van der Waals surface area (Å²) in [5.74, 6) is 0.720. The van der Waals surface area contributed by atoms with E-state index in [0.717, 1.165) is 24.2 Å². The van der Waals surface area contributed by atoms with Gasteiger partial charge >= 0.3 is 0 Å². The fourth-order valence-electron chi connectivity index (χ4n) is 0.840. The number of nitrogens with zero attached hydrogens (tertiary/aromatic N) is 2. The Morgan fingerprint density at radius 3 is 2.08 bits per heavy atom. The van der Waals surface area contributed by atoms with Gasteiger partial charge < -0.3 is 0 Å². The fraction of sp³-hybridized carbons (Fsp3) is 0.500. The number of hydrogen-bond donors (Lipinski definition) is 0. The van der Waals surface area contributed by atoms with Gasteiger partial charge in [0.15, 0.2) is 0 Å². The predicted octanol–water partition coefficient (Wildman–Crippen LogP) is 3.04. The van der Waals surface area contributed by atoms with E-state index in [-0.39, 0.29) is 0 Å². The first-order valence-electron chi connectivity index (χ1n) is 3.83. The molecule has 0 N–H and O–H groups in total. The summed E-state index contributed by atoms with van der Waals surface area (Å²) in [6.45, 7) is 3.87. The van der Waals surface area contributed by atoms with Crippen LogP contribution in [0.4, 0.5) is 0 Å². The summed E-state index contributed by atoms with van der Waals surface area (Å²) in [6.07, 6.45) is 1.81. The molecule has 2 nitrogen and oxygen atoms in total. The van der Waals surface area contributed by atoms with Crippen LogP contribution >= 0.6 is 23.2 Å². The van der Waals surface area contributed by atoms with Crippen molar-refractivity contribution in [2.75, 3.05) is 0 Å². The molecule has 0 fully saturated rings. The van der Waals surface area contributed by atoms with Gasteiger partial charge in [-0.15, -0.1) is 0 Å². The van der Waals surface area contributed by atoms with Crippen molar-refractivity contribution in [3.05, 3.63) is 21.7 Å². The Morgan fingerprint density at radius 2 is 1.67 bits per heavy atom. The van der Waals surface area contributed by atoms with Crippen LogP contribution in [0.25, 0.3) is 0 Å². The van der Waals surface area contributed by atoms with E-state index in [9.17, 15) is 0 Å². The smallest absolute Gasteiger partial charge is 0.137 e. The van der Waals surface area contributed by atoms with Crippen LogP contribution in [-0.2, 0) is 6.42 Å². The molecular formula is C8H10Cl2N2. The van der Waals surface area contributed by atoms with Crippen LogP contribution in [-0.4, -0.2) is 9.97 Å². The van der Waals surface area contributed by atoms with E-state index in [1.165, 1.54) is 0 Å². The van der Waals surface area contributed by atoms with Gasteiger partial charge in [-0.3, -0.25) is 0 Å². The molecule has 12 heavy (non-hydrogen) atoms. The van der Waals surface area contributed by atoms with Crippen LogP contribution in [0.1, 0.15) is 24.7 Å². The molecule has 0 aliphatic carbocycles. The molecule has 0 aromatic carbocycles. The number of aromatic nitrogens is 2. The number of halogens is 2. The zero-order valence-electron chi connectivity index (χ0n) is 7.06. The minimum absolute atomic E-state index is 0.457. The van der Waals surface area contributed by atoms with Crippen molar-refractivity contribution < 1.29 is 0 Å². The average Bonchev–Trinajstić information content (AvgIpc) is 2.01. The molecular weight excluding hydrogens is 195 g/mol. The van der Waals surface area contributed by atoms with E-state index >= 15 is 0 Å². The highest BCUT2D eigenvalue weighted by Crippen LogP contribution is 2.19. The van der Waals surface area contributed by atoms with Gasteiger partial charge in [-0.1, -0.05) is 30.1 Å². The van der Waals surface area contributed by atoms with Crippen molar-refractivity contribution >= 4 is 23.2 Å². The molecule has 0 saturated carbocycles. The average molecular weight is 205 g/mol. The molecule has 0 amide bonds. The Balaban J connectivity index is 3.04. The topological polar surface area (TPSA) is 25.8 Å². The third-order valence-electron chi connectivity index (χ3n) is 1.55. The van der Waals surface area contributed by atoms with E-state index in [1.807, 2.05) is 0 Å². The van der Waals surface area contributed by atoms with Gasteiger partial charge in [0.05, 0.1) is 0 Å². The Hall–Kier alpha value is -0.340. The SMILES string of the molecule is CCCc1nc(Cl)c(C)c(Cl)n1. The van der Waals surface area contributed by atoms with Crippen molar-refractivity contribution in [1.29, 1.82) is 0 Å². The minimum Gasteiger partial charge on any atom is -0.221 e. The molecule has 0 spiro atoms. The molecule has 0 aliphatic heterocycles. The third kappa shape index (κ3) is 2.08. The van der Waals surface area contributed by atoms with Crippen LogP contribution in [0.2, 0.25) is 10.3 Å². The highest BCUT2D eigenvalue weighted by molar-refractivity contribution is 6.34. The van der Waals surface area contributed by atoms with Gasteiger partial charge in [0, 0.05) is 12.0 Å². The second-order valence-electron chi connectivity index (χ2n) is 2.60. The standard InChI is InChI=1S/C8H10Cl2N2/c1-3-4-6-11-7(9)5(2)8(10)12-6/h3-4H2,1-2H3. The van der Waals surface area contributed by atoms with Crippen molar-refractivity contribution in [3.63, 3.8) is 0 Å². The molecule has 1 aromatic rings. The molecule has 0 aliphatic rings. The lowest BCUT2D eigenvalue weighted by atomic mass is 10.3. The first-order chi connectivity index (χ1) is 5.65. The first kappa shape index (κ1) is 9.75. The number of hydrogen-bond acceptors (Lipinski definition) is 2. The van der Waals surface area contributed by atoms with E-state index in [4.69, 9.17) is 23.2 Å². The predicted molar refractivity (Wildman–Crippen MR) is 50.8 cm³/mol. The maximum absolute atomic E-state index is 5.82. The lowest BCUT2D eigenvalue weighted by Crippen LogP contribution is -1.97. The van der Waals surface area contributed by atoms with Gasteiger partial charge in [0.2, 0.25) is 0 Å². The second-order valence-corrected chi connectivity index (χ2v) is 3.31. The summed E-state index contributed by atoms with van der Waals surface area (Å²) in [6, 6.07) is 0. The van der Waals surface area contributed by atoms with Gasteiger partial charge in [-0.2, -0.15) is 0 Å². The fourth-order valence-corrected chi connectivity index (χ4v) is 1.26. The maximum atomic E-state index is 5.82. The lowest BCUT2D eigenvalue weighted by Gasteiger charge is -2.02. The Bertz CT molecular complexity index is 263. The van der Waals surface area contributed by atoms with Gasteiger partial charge in [0.25, 0.3) is 0 Å². The number of rotatable bonds is 2. The van der Waals surface area contributed by atoms with Crippen molar-refractivity contribution in [1.82, 2.24) is 9.97 Å². The lowest BCUT2D eigenvalue weighted by molar-refractivity contribution is 0.831. The van der Waals surface area contributed by atoms with Gasteiger partial charge in [-0.25, -0.2) is 9.97 Å². The molecule has 1 aromatic heterocycles. The van der Waals surface area contributed by atoms with Crippen LogP contribution in [0.15, 0.2) is 0 Å². The molecule has 66 valence electrons. The number of aryl methyl sites for hydroxylation is 1. The summed E-state index contributed by atoms with van der Waals surface area (Å²) in [5.41, 5.74) is 0.748. The van der Waals surface area contributed by atoms with Crippen LogP contribution in [0.3, 0.4) is 0 Å². The van der Waals surface area contributed by atoms with E-state index in [2.05, 4.69) is 16.9 Å². The Morgan fingerprint density at radius 1 is 1.17 bits per heavy atom. The molecule has 1 heterocycles. The highest BCUT2D eigenvalue weighted by atomic mass is 35.5. The van der Waals surface area contributed by atoms with Gasteiger partial charge in [-0.05, 0) is 13.3 Å². The third-order valence-corrected chi connectivity index (χ3v) is 2.28. The minimum atomic E-state index is 0.457. The van der Waals surface area contributed by atoms with E-state index in [1.54, 1.807) is 6.92 Å². The van der Waals surface area contributed by atoms with Crippen LogP contribution < -0.4 is 0 Å². The van der Waals surface area contributed by atoms with Crippen LogP contribution in [0, 0.1) is 6.92 Å². The normalized spacial score (nSPS) is 10.3. The van der Waals surface area contributed by atoms with E-state index < -0.39 is 0 Å². The van der Waals surface area contributed by atoms with Crippen molar-refractivity contribution in [2.24, 2.45) is 0 Å². The Labute approximate surface area is 81.9 Å². The molecule has 0 bridgehead atoms. The summed E-state index contributed by atoms with van der Waals surface area (Å²) in [4.78, 5) is 8.19. The zero-order chi connectivity index (χ0) is 9.14. The monoisotopic (exact) mass is 204 g/mol. The quantitative estimate of drug-likeness (QED) is 0.693. The van der Waals surface area contributed by atoms with Crippen LogP contribution in [0.5, 0.6) is 0 Å². The van der Waals surface area contributed by atoms with Gasteiger partial charge in [0.1, 0.15) is 16.1 Å². The first-order valence-corrected chi connectivity index (χ1v) is 4.59. The highest BCUT2D eigenvalue weighted by Gasteiger charge is 2.05. The summed E-state index contributed by atoms with van der Waals surface area (Å²) < 4.78 is 0. The molecule has 0 saturated heterocycles.